The molecule has 3 aromatic rings. The molecule has 1 heterocycles. The van der Waals surface area contributed by atoms with E-state index in [0.29, 0.717) is 12.1 Å². The lowest BCUT2D eigenvalue weighted by Gasteiger charge is -2.04. The van der Waals surface area contributed by atoms with Gasteiger partial charge in [-0.05, 0) is 24.6 Å². The molecule has 0 fully saturated rings. The van der Waals surface area contributed by atoms with E-state index < -0.39 is 0 Å². The minimum absolute atomic E-state index is 0.262. The first-order chi connectivity index (χ1) is 12.1. The molecule has 3 nitrogen and oxygen atoms in total. The first-order valence-electron chi connectivity index (χ1n) is 7.84. The summed E-state index contributed by atoms with van der Waals surface area (Å²) in [6.45, 7) is 2.39. The Morgan fingerprint density at radius 3 is 2.64 bits per heavy atom. The number of nitrogens with one attached hydrogen (secondary N) is 1. The van der Waals surface area contributed by atoms with Crippen LogP contribution < -0.4 is 5.32 Å². The molecule has 3 rings (SSSR count). The summed E-state index contributed by atoms with van der Waals surface area (Å²) in [5, 5.41) is 5.85. The number of benzene rings is 2. The Labute approximate surface area is 149 Å². The van der Waals surface area contributed by atoms with Crippen LogP contribution in [0.1, 0.15) is 16.1 Å². The summed E-state index contributed by atoms with van der Waals surface area (Å²) in [6.07, 6.45) is 2.81. The van der Waals surface area contributed by atoms with Gasteiger partial charge in [0.25, 0.3) is 0 Å². The third-order valence-electron chi connectivity index (χ3n) is 3.65. The van der Waals surface area contributed by atoms with Gasteiger partial charge < -0.3 is 5.32 Å². The van der Waals surface area contributed by atoms with Crippen molar-refractivity contribution in [3.05, 3.63) is 81.9 Å². The Hall–Kier alpha value is -2.79. The number of hydrogen-bond donors (Lipinski definition) is 1. The average Bonchev–Trinajstić information content (AvgIpc) is 3.06. The molecule has 0 atom stereocenters. The monoisotopic (exact) mass is 352 g/mol. The van der Waals surface area contributed by atoms with Crippen molar-refractivity contribution in [1.29, 1.82) is 0 Å². The maximum absolute atomic E-state index is 13.5. The normalized spacial score (nSPS) is 11.0. The van der Waals surface area contributed by atoms with E-state index in [0.717, 1.165) is 21.8 Å². The van der Waals surface area contributed by atoms with E-state index in [1.807, 2.05) is 36.6 Å². The first-order valence-corrected chi connectivity index (χ1v) is 8.71. The van der Waals surface area contributed by atoms with Crippen LogP contribution >= 0.6 is 11.3 Å². The number of aromatic nitrogens is 1. The van der Waals surface area contributed by atoms with Crippen LogP contribution in [0.15, 0.2) is 60.0 Å². The van der Waals surface area contributed by atoms with E-state index >= 15 is 0 Å². The Kier molecular flexibility index (Phi) is 5.36. The molecule has 0 aliphatic heterocycles. The number of nitrogens with zero attached hydrogens (tertiary/aromatic N) is 1. The van der Waals surface area contributed by atoms with Crippen molar-refractivity contribution in [1.82, 2.24) is 10.3 Å². The third kappa shape index (κ3) is 4.61. The van der Waals surface area contributed by atoms with Gasteiger partial charge in [-0.25, -0.2) is 9.37 Å². The molecule has 0 aliphatic carbocycles. The van der Waals surface area contributed by atoms with Crippen molar-refractivity contribution in [3.8, 4) is 11.3 Å². The fourth-order valence-corrected chi connectivity index (χ4v) is 2.94. The van der Waals surface area contributed by atoms with Crippen LogP contribution in [0.5, 0.6) is 0 Å². The topological polar surface area (TPSA) is 42.0 Å². The summed E-state index contributed by atoms with van der Waals surface area (Å²) in [7, 11) is 0. The number of amides is 1. The molecular formula is C20H17FN2OS. The molecule has 0 radical (unpaired) electrons. The zero-order valence-corrected chi connectivity index (χ0v) is 14.5. The minimum atomic E-state index is -0.348. The predicted molar refractivity (Wildman–Crippen MR) is 99.6 cm³/mol. The molecule has 0 saturated heterocycles. The van der Waals surface area contributed by atoms with Crippen LogP contribution in [-0.2, 0) is 11.3 Å². The number of halogens is 1. The summed E-state index contributed by atoms with van der Waals surface area (Å²) >= 11 is 1.62. The van der Waals surface area contributed by atoms with Gasteiger partial charge in [0.05, 0.1) is 10.7 Å². The van der Waals surface area contributed by atoms with Gasteiger partial charge in [0, 0.05) is 29.1 Å². The van der Waals surface area contributed by atoms with Gasteiger partial charge in [-0.1, -0.05) is 42.5 Å². The van der Waals surface area contributed by atoms with Crippen molar-refractivity contribution in [3.63, 3.8) is 0 Å². The van der Waals surface area contributed by atoms with E-state index in [4.69, 9.17) is 0 Å². The molecular weight excluding hydrogens is 335 g/mol. The number of rotatable bonds is 5. The molecule has 25 heavy (non-hydrogen) atoms. The van der Waals surface area contributed by atoms with Gasteiger partial charge in [0.15, 0.2) is 0 Å². The summed E-state index contributed by atoms with van der Waals surface area (Å²) in [5.74, 6) is -0.609. The molecule has 0 unspecified atom stereocenters. The molecule has 0 saturated carbocycles. The lowest BCUT2D eigenvalue weighted by molar-refractivity contribution is -0.116. The fraction of sp³-hybridized carbons (Fsp3) is 0.100. The van der Waals surface area contributed by atoms with Crippen LogP contribution in [0.25, 0.3) is 17.3 Å². The zero-order chi connectivity index (χ0) is 17.6. The largest absolute Gasteiger partial charge is 0.348 e. The van der Waals surface area contributed by atoms with Crippen LogP contribution in [0.4, 0.5) is 4.39 Å². The van der Waals surface area contributed by atoms with Gasteiger partial charge in [-0.3, -0.25) is 4.79 Å². The lowest BCUT2D eigenvalue weighted by Crippen LogP contribution is -2.20. The van der Waals surface area contributed by atoms with Crippen molar-refractivity contribution >= 4 is 23.3 Å². The number of hydrogen-bond acceptors (Lipinski definition) is 3. The summed E-state index contributed by atoms with van der Waals surface area (Å²) in [4.78, 5) is 16.3. The van der Waals surface area contributed by atoms with Gasteiger partial charge in [-0.15, -0.1) is 11.3 Å². The van der Waals surface area contributed by atoms with E-state index in [1.165, 1.54) is 18.2 Å². The van der Waals surface area contributed by atoms with Crippen molar-refractivity contribution in [2.24, 2.45) is 0 Å². The molecule has 5 heteroatoms. The maximum Gasteiger partial charge on any atom is 0.244 e. The second-order valence-electron chi connectivity index (χ2n) is 5.52. The summed E-state index contributed by atoms with van der Waals surface area (Å²) in [5.41, 5.74) is 3.40. The standard InChI is InChI=1S/C20H17FN2OS/c1-14-23-19(13-25-14)17-8-6-15(7-9-17)12-22-20(24)11-10-16-4-2-3-5-18(16)21/h2-11,13H,12H2,1H3,(H,22,24)/b11-10+. The van der Waals surface area contributed by atoms with E-state index in [2.05, 4.69) is 10.3 Å². The molecule has 2 aromatic carbocycles. The molecule has 1 aromatic heterocycles. The molecule has 1 amide bonds. The van der Waals surface area contributed by atoms with Crippen LogP contribution in [0.2, 0.25) is 0 Å². The highest BCUT2D eigenvalue weighted by Gasteiger charge is 2.03. The molecule has 0 bridgehead atoms. The average molecular weight is 352 g/mol. The van der Waals surface area contributed by atoms with Crippen LogP contribution in [-0.4, -0.2) is 10.9 Å². The van der Waals surface area contributed by atoms with E-state index in [9.17, 15) is 9.18 Å². The van der Waals surface area contributed by atoms with Crippen molar-refractivity contribution < 1.29 is 9.18 Å². The summed E-state index contributed by atoms with van der Waals surface area (Å²) < 4.78 is 13.5. The molecule has 126 valence electrons. The van der Waals surface area contributed by atoms with E-state index in [-0.39, 0.29) is 11.7 Å². The third-order valence-corrected chi connectivity index (χ3v) is 4.43. The van der Waals surface area contributed by atoms with E-state index in [1.54, 1.807) is 29.5 Å². The van der Waals surface area contributed by atoms with Gasteiger partial charge >= 0.3 is 0 Å². The fourth-order valence-electron chi connectivity index (χ4n) is 2.31. The highest BCUT2D eigenvalue weighted by Crippen LogP contribution is 2.21. The zero-order valence-electron chi connectivity index (χ0n) is 13.7. The number of thiazole rings is 1. The second kappa shape index (κ2) is 7.85. The SMILES string of the molecule is Cc1nc(-c2ccc(CNC(=O)/C=C/c3ccccc3F)cc2)cs1. The number of carbonyl (C=O) groups is 1. The Bertz CT molecular complexity index is 900. The summed E-state index contributed by atoms with van der Waals surface area (Å²) in [6, 6.07) is 14.2. The quantitative estimate of drug-likeness (QED) is 0.683. The molecule has 0 aliphatic rings. The van der Waals surface area contributed by atoms with Crippen LogP contribution in [0.3, 0.4) is 0 Å². The Morgan fingerprint density at radius 1 is 1.20 bits per heavy atom. The minimum Gasteiger partial charge on any atom is -0.348 e. The van der Waals surface area contributed by atoms with Crippen LogP contribution in [0, 0.1) is 12.7 Å². The highest BCUT2D eigenvalue weighted by molar-refractivity contribution is 7.09. The van der Waals surface area contributed by atoms with Gasteiger partial charge in [0.2, 0.25) is 5.91 Å². The molecule has 0 spiro atoms. The van der Waals surface area contributed by atoms with Crippen molar-refractivity contribution in [2.45, 2.75) is 13.5 Å². The van der Waals surface area contributed by atoms with Crippen molar-refractivity contribution in [2.75, 3.05) is 0 Å². The van der Waals surface area contributed by atoms with Gasteiger partial charge in [-0.2, -0.15) is 0 Å². The predicted octanol–water partition coefficient (Wildman–Crippen LogP) is 4.59. The number of carbonyl (C=O) groups excluding carboxylic acids is 1. The second-order valence-corrected chi connectivity index (χ2v) is 6.58. The number of aryl methyl sites for hydroxylation is 1. The van der Waals surface area contributed by atoms with Gasteiger partial charge in [0.1, 0.15) is 5.82 Å². The molecule has 1 N–H and O–H groups in total. The maximum atomic E-state index is 13.5. The highest BCUT2D eigenvalue weighted by atomic mass is 32.1. The Morgan fingerprint density at radius 2 is 1.96 bits per heavy atom. The Balaban J connectivity index is 1.56. The smallest absolute Gasteiger partial charge is 0.244 e. The lowest BCUT2D eigenvalue weighted by atomic mass is 10.1. The first kappa shape index (κ1) is 17.0.